The maximum absolute atomic E-state index is 12.3. The summed E-state index contributed by atoms with van der Waals surface area (Å²) in [5.74, 6) is -4.16. The highest BCUT2D eigenvalue weighted by molar-refractivity contribution is 6.07. The summed E-state index contributed by atoms with van der Waals surface area (Å²) in [4.78, 5) is 42.7. The summed E-state index contributed by atoms with van der Waals surface area (Å²) >= 11 is 0. The molecule has 0 fully saturated rings. The summed E-state index contributed by atoms with van der Waals surface area (Å²) < 4.78 is 5.20. The minimum absolute atomic E-state index is 0.0656. The van der Waals surface area contributed by atoms with Crippen LogP contribution in [0, 0.1) is 0 Å². The number of hydrogen-bond donors (Lipinski definition) is 2. The first-order valence-electron chi connectivity index (χ1n) is 7.01. The summed E-state index contributed by atoms with van der Waals surface area (Å²) in [6.07, 6.45) is 1.33. The summed E-state index contributed by atoms with van der Waals surface area (Å²) in [5, 5.41) is 18.7. The van der Waals surface area contributed by atoms with Crippen LogP contribution in [0.25, 0.3) is 10.9 Å². The number of esters is 1. The lowest BCUT2D eigenvalue weighted by Crippen LogP contribution is -2.16. The molecule has 25 heavy (non-hydrogen) atoms. The number of carbonyl (C=O) groups excluding carboxylic acids is 1. The topological polar surface area (TPSA) is 127 Å². The molecule has 0 bridgehead atoms. The average Bonchev–Trinajstić information content (AvgIpc) is 2.62. The second-order valence-corrected chi connectivity index (χ2v) is 4.90. The molecule has 0 atom stereocenters. The first-order chi connectivity index (χ1) is 12.0. The molecule has 2 N–H and O–H groups in total. The average molecular weight is 338 g/mol. The minimum atomic E-state index is -1.54. The zero-order valence-electron chi connectivity index (χ0n) is 12.5. The molecule has 0 spiro atoms. The highest BCUT2D eigenvalue weighted by Gasteiger charge is 2.26. The molecule has 8 heteroatoms. The third kappa shape index (κ3) is 3.00. The molecule has 2 heterocycles. The van der Waals surface area contributed by atoms with Crippen molar-refractivity contribution in [3.05, 3.63) is 65.6 Å². The van der Waals surface area contributed by atoms with Crippen LogP contribution in [0.1, 0.15) is 31.3 Å². The normalized spacial score (nSPS) is 10.4. The molecule has 0 saturated heterocycles. The summed E-state index contributed by atoms with van der Waals surface area (Å²) in [6.45, 7) is 0. The highest BCUT2D eigenvalue weighted by atomic mass is 16.5. The number of benzene rings is 1. The van der Waals surface area contributed by atoms with Crippen LogP contribution in [0.3, 0.4) is 0 Å². The standard InChI is InChI=1S/C17H10N2O6/c20-15(21)12-10-7-4-8-18-11(10)14(13(19-12)16(22)23)25-17(24)9-5-2-1-3-6-9/h1-8H,(H,20,21)(H,22,23). The van der Waals surface area contributed by atoms with Crippen LogP contribution in [-0.4, -0.2) is 38.1 Å². The number of pyridine rings is 2. The second kappa shape index (κ2) is 6.36. The van der Waals surface area contributed by atoms with Gasteiger partial charge in [0.1, 0.15) is 5.52 Å². The van der Waals surface area contributed by atoms with E-state index in [1.54, 1.807) is 18.2 Å². The Kier molecular flexibility index (Phi) is 4.09. The second-order valence-electron chi connectivity index (χ2n) is 4.90. The Morgan fingerprint density at radius 1 is 0.880 bits per heavy atom. The molecule has 3 rings (SSSR count). The fraction of sp³-hybridized carbons (Fsp3) is 0. The van der Waals surface area contributed by atoms with E-state index in [9.17, 15) is 24.6 Å². The van der Waals surface area contributed by atoms with Crippen LogP contribution in [0.4, 0.5) is 0 Å². The molecular formula is C17H10N2O6. The van der Waals surface area contributed by atoms with Crippen LogP contribution >= 0.6 is 0 Å². The van der Waals surface area contributed by atoms with Crippen molar-refractivity contribution >= 4 is 28.8 Å². The quantitative estimate of drug-likeness (QED) is 0.693. The molecule has 0 saturated carbocycles. The van der Waals surface area contributed by atoms with E-state index in [4.69, 9.17) is 4.74 Å². The molecule has 2 aromatic heterocycles. The van der Waals surface area contributed by atoms with E-state index < -0.39 is 35.0 Å². The third-order valence-corrected chi connectivity index (χ3v) is 3.33. The van der Waals surface area contributed by atoms with Gasteiger partial charge in [0.15, 0.2) is 17.1 Å². The Morgan fingerprint density at radius 2 is 1.56 bits per heavy atom. The molecule has 3 aromatic rings. The smallest absolute Gasteiger partial charge is 0.358 e. The van der Waals surface area contributed by atoms with Crippen molar-refractivity contribution in [3.8, 4) is 5.75 Å². The fourth-order valence-corrected chi connectivity index (χ4v) is 2.24. The van der Waals surface area contributed by atoms with Gasteiger partial charge in [0.2, 0.25) is 0 Å². The number of hydrogen-bond acceptors (Lipinski definition) is 6. The van der Waals surface area contributed by atoms with Crippen LogP contribution in [0.15, 0.2) is 48.7 Å². The van der Waals surface area contributed by atoms with Gasteiger partial charge in [-0.15, -0.1) is 0 Å². The molecule has 0 amide bonds. The zero-order chi connectivity index (χ0) is 18.0. The van der Waals surface area contributed by atoms with E-state index >= 15 is 0 Å². The van der Waals surface area contributed by atoms with Crippen molar-refractivity contribution in [2.24, 2.45) is 0 Å². The number of carboxylic acids is 2. The SMILES string of the molecule is O=C(Oc1c(C(=O)O)nc(C(=O)O)c2cccnc12)c1ccccc1. The van der Waals surface area contributed by atoms with Crippen molar-refractivity contribution in [2.45, 2.75) is 0 Å². The number of aromatic nitrogens is 2. The van der Waals surface area contributed by atoms with Crippen LogP contribution < -0.4 is 4.74 Å². The van der Waals surface area contributed by atoms with Gasteiger partial charge in [0, 0.05) is 11.6 Å². The number of carboxylic acid groups (broad SMARTS) is 2. The Balaban J connectivity index is 2.21. The van der Waals surface area contributed by atoms with Gasteiger partial charge in [0.05, 0.1) is 5.56 Å². The van der Waals surface area contributed by atoms with Crippen LogP contribution in [-0.2, 0) is 0 Å². The molecule has 0 unspecified atom stereocenters. The molecule has 0 aliphatic rings. The maximum atomic E-state index is 12.3. The van der Waals surface area contributed by atoms with E-state index in [0.717, 1.165) is 0 Å². The Hall–Kier alpha value is -3.81. The van der Waals surface area contributed by atoms with E-state index in [1.807, 2.05) is 0 Å². The molecule has 0 radical (unpaired) electrons. The fourth-order valence-electron chi connectivity index (χ4n) is 2.24. The summed E-state index contributed by atoms with van der Waals surface area (Å²) in [7, 11) is 0. The monoisotopic (exact) mass is 338 g/mol. The first-order valence-corrected chi connectivity index (χ1v) is 7.01. The number of nitrogens with zero attached hydrogens (tertiary/aromatic N) is 2. The lowest BCUT2D eigenvalue weighted by Gasteiger charge is -2.11. The van der Waals surface area contributed by atoms with Crippen molar-refractivity contribution in [3.63, 3.8) is 0 Å². The van der Waals surface area contributed by atoms with Gasteiger partial charge in [-0.1, -0.05) is 18.2 Å². The number of aromatic carboxylic acids is 2. The lowest BCUT2D eigenvalue weighted by atomic mass is 10.1. The maximum Gasteiger partial charge on any atom is 0.358 e. The Morgan fingerprint density at radius 3 is 2.20 bits per heavy atom. The van der Waals surface area contributed by atoms with Crippen molar-refractivity contribution in [2.75, 3.05) is 0 Å². The van der Waals surface area contributed by atoms with Crippen molar-refractivity contribution < 1.29 is 29.3 Å². The predicted octanol–water partition coefficient (Wildman–Crippen LogP) is 2.25. The minimum Gasteiger partial charge on any atom is -0.476 e. The van der Waals surface area contributed by atoms with Gasteiger partial charge >= 0.3 is 17.9 Å². The predicted molar refractivity (Wildman–Crippen MR) is 84.9 cm³/mol. The van der Waals surface area contributed by atoms with Crippen LogP contribution in [0.2, 0.25) is 0 Å². The highest BCUT2D eigenvalue weighted by Crippen LogP contribution is 2.30. The number of fused-ring (bicyclic) bond motifs is 1. The van der Waals surface area contributed by atoms with Gasteiger partial charge in [-0.2, -0.15) is 0 Å². The number of ether oxygens (including phenoxy) is 1. The largest absolute Gasteiger partial charge is 0.476 e. The van der Waals surface area contributed by atoms with E-state index in [2.05, 4.69) is 9.97 Å². The summed E-state index contributed by atoms with van der Waals surface area (Å²) in [6, 6.07) is 10.8. The van der Waals surface area contributed by atoms with Crippen molar-refractivity contribution in [1.29, 1.82) is 0 Å². The molecule has 0 aliphatic heterocycles. The number of carbonyl (C=O) groups is 3. The van der Waals surface area contributed by atoms with Gasteiger partial charge < -0.3 is 14.9 Å². The van der Waals surface area contributed by atoms with E-state index in [0.29, 0.717) is 0 Å². The number of rotatable bonds is 4. The van der Waals surface area contributed by atoms with Gasteiger partial charge in [-0.05, 0) is 24.3 Å². The lowest BCUT2D eigenvalue weighted by molar-refractivity contribution is 0.0675. The Labute approximate surface area is 140 Å². The Bertz CT molecular complexity index is 1000. The van der Waals surface area contributed by atoms with Gasteiger partial charge in [-0.3, -0.25) is 4.98 Å². The molecule has 1 aromatic carbocycles. The van der Waals surface area contributed by atoms with Gasteiger partial charge in [0.25, 0.3) is 0 Å². The van der Waals surface area contributed by atoms with Gasteiger partial charge in [-0.25, -0.2) is 19.4 Å². The summed E-state index contributed by atoms with van der Waals surface area (Å²) in [5.41, 5.74) is -1.06. The molecule has 124 valence electrons. The zero-order valence-corrected chi connectivity index (χ0v) is 12.5. The third-order valence-electron chi connectivity index (χ3n) is 3.33. The molecule has 0 aliphatic carbocycles. The first kappa shape index (κ1) is 16.1. The van der Waals surface area contributed by atoms with Crippen molar-refractivity contribution in [1.82, 2.24) is 9.97 Å². The molecular weight excluding hydrogens is 328 g/mol. The van der Waals surface area contributed by atoms with E-state index in [1.165, 1.54) is 30.5 Å². The molecule has 8 nitrogen and oxygen atoms in total. The van der Waals surface area contributed by atoms with Crippen LogP contribution in [0.5, 0.6) is 5.75 Å². The van der Waals surface area contributed by atoms with E-state index in [-0.39, 0.29) is 16.5 Å².